The van der Waals surface area contributed by atoms with Gasteiger partial charge in [-0.25, -0.2) is 0 Å². The maximum absolute atomic E-state index is 13.0. The number of hydrogen-bond donors (Lipinski definition) is 0. The van der Waals surface area contributed by atoms with Crippen molar-refractivity contribution < 1.29 is 13.2 Å². The molecule has 2 aromatic carbocycles. The van der Waals surface area contributed by atoms with Gasteiger partial charge >= 0.3 is 6.18 Å². The first-order chi connectivity index (χ1) is 8.93. The Kier molecular flexibility index (Phi) is 3.50. The van der Waals surface area contributed by atoms with Crippen LogP contribution in [-0.4, -0.2) is 0 Å². The monoisotopic (exact) mass is 281 g/mol. The van der Waals surface area contributed by atoms with Crippen LogP contribution < -0.4 is 0 Å². The average Bonchev–Trinajstić information content (AvgIpc) is 2.36. The zero-order chi connectivity index (χ0) is 14.0. The van der Waals surface area contributed by atoms with Gasteiger partial charge in [-0.2, -0.15) is 18.4 Å². The molecule has 1 nitrogen and oxygen atoms in total. The van der Waals surface area contributed by atoms with Gasteiger partial charge in [-0.05, 0) is 29.8 Å². The molecule has 96 valence electrons. The third-order valence-electron chi connectivity index (χ3n) is 2.60. The molecule has 0 aliphatic rings. The van der Waals surface area contributed by atoms with E-state index < -0.39 is 11.7 Å². The van der Waals surface area contributed by atoms with Crippen molar-refractivity contribution in [1.82, 2.24) is 0 Å². The summed E-state index contributed by atoms with van der Waals surface area (Å²) in [6.45, 7) is 0. The molecule has 0 saturated heterocycles. The summed E-state index contributed by atoms with van der Waals surface area (Å²) in [5.41, 5.74) is -0.733. The van der Waals surface area contributed by atoms with Gasteiger partial charge in [0.25, 0.3) is 0 Å². The molecule has 5 heteroatoms. The van der Waals surface area contributed by atoms with Crippen LogP contribution in [0.15, 0.2) is 42.5 Å². The Morgan fingerprint density at radius 3 is 2.32 bits per heavy atom. The van der Waals surface area contributed by atoms with Gasteiger partial charge in [-0.15, -0.1) is 0 Å². The minimum atomic E-state index is -4.52. The van der Waals surface area contributed by atoms with Gasteiger partial charge in [-0.1, -0.05) is 29.8 Å². The van der Waals surface area contributed by atoms with Crippen LogP contribution >= 0.6 is 11.6 Å². The normalized spacial score (nSPS) is 11.1. The molecule has 0 aliphatic heterocycles. The molecule has 19 heavy (non-hydrogen) atoms. The molecule has 0 amide bonds. The summed E-state index contributed by atoms with van der Waals surface area (Å²) in [7, 11) is 0. The molecule has 0 saturated carbocycles. The largest absolute Gasteiger partial charge is 0.417 e. The van der Waals surface area contributed by atoms with Crippen LogP contribution in [0, 0.1) is 11.3 Å². The third kappa shape index (κ3) is 2.72. The van der Waals surface area contributed by atoms with Gasteiger partial charge in [0.2, 0.25) is 0 Å². The molecule has 0 N–H and O–H groups in total. The Hall–Kier alpha value is -1.99. The number of nitriles is 1. The van der Waals surface area contributed by atoms with Crippen molar-refractivity contribution in [2.45, 2.75) is 6.18 Å². The number of alkyl halides is 3. The lowest BCUT2D eigenvalue weighted by Crippen LogP contribution is -2.08. The van der Waals surface area contributed by atoms with Gasteiger partial charge in [0, 0.05) is 10.6 Å². The minimum Gasteiger partial charge on any atom is -0.192 e. The highest BCUT2D eigenvalue weighted by molar-refractivity contribution is 6.30. The molecule has 2 aromatic rings. The number of benzene rings is 2. The Bertz CT molecular complexity index is 656. The van der Waals surface area contributed by atoms with E-state index in [0.29, 0.717) is 5.02 Å². The SMILES string of the molecule is N#Cc1cccc(C(F)(F)F)c1-c1cccc(Cl)c1. The maximum Gasteiger partial charge on any atom is 0.417 e. The van der Waals surface area contributed by atoms with E-state index in [0.717, 1.165) is 6.07 Å². The van der Waals surface area contributed by atoms with E-state index in [-0.39, 0.29) is 16.7 Å². The van der Waals surface area contributed by atoms with Crippen molar-refractivity contribution in [1.29, 1.82) is 5.26 Å². The van der Waals surface area contributed by atoms with Crippen molar-refractivity contribution in [3.05, 3.63) is 58.6 Å². The Labute approximate surface area is 112 Å². The quantitative estimate of drug-likeness (QED) is 0.729. The van der Waals surface area contributed by atoms with Crippen LogP contribution in [0.3, 0.4) is 0 Å². The van der Waals surface area contributed by atoms with Crippen LogP contribution in [0.5, 0.6) is 0 Å². The van der Waals surface area contributed by atoms with Crippen LogP contribution in [0.25, 0.3) is 11.1 Å². The van der Waals surface area contributed by atoms with Crippen molar-refractivity contribution in [2.75, 3.05) is 0 Å². The van der Waals surface area contributed by atoms with Crippen molar-refractivity contribution in [3.63, 3.8) is 0 Å². The zero-order valence-corrected chi connectivity index (χ0v) is 10.3. The second-order valence-electron chi connectivity index (χ2n) is 3.85. The average molecular weight is 282 g/mol. The Balaban J connectivity index is 2.77. The summed E-state index contributed by atoms with van der Waals surface area (Å²) in [5.74, 6) is 0. The molecule has 0 spiro atoms. The van der Waals surface area contributed by atoms with Gasteiger partial charge < -0.3 is 0 Å². The smallest absolute Gasteiger partial charge is 0.192 e. The highest BCUT2D eigenvalue weighted by Gasteiger charge is 2.34. The summed E-state index contributed by atoms with van der Waals surface area (Å²) in [6, 6.07) is 11.3. The molecular formula is C14H7ClF3N. The van der Waals surface area contributed by atoms with E-state index in [1.807, 2.05) is 0 Å². The lowest BCUT2D eigenvalue weighted by Gasteiger charge is -2.14. The fourth-order valence-corrected chi connectivity index (χ4v) is 2.03. The Morgan fingerprint density at radius 1 is 1.05 bits per heavy atom. The number of rotatable bonds is 1. The highest BCUT2D eigenvalue weighted by Crippen LogP contribution is 2.39. The lowest BCUT2D eigenvalue weighted by atomic mass is 9.94. The van der Waals surface area contributed by atoms with E-state index in [4.69, 9.17) is 16.9 Å². The molecule has 0 radical (unpaired) electrons. The standard InChI is InChI=1S/C14H7ClF3N/c15-11-5-1-3-9(7-11)13-10(8-19)4-2-6-12(13)14(16,17)18/h1-7H. The van der Waals surface area contributed by atoms with E-state index >= 15 is 0 Å². The molecule has 0 heterocycles. The van der Waals surface area contributed by atoms with Crippen LogP contribution in [-0.2, 0) is 6.18 Å². The molecule has 0 atom stereocenters. The zero-order valence-electron chi connectivity index (χ0n) is 9.50. The number of halogens is 4. The fourth-order valence-electron chi connectivity index (χ4n) is 1.84. The van der Waals surface area contributed by atoms with Crippen LogP contribution in [0.1, 0.15) is 11.1 Å². The van der Waals surface area contributed by atoms with Crippen molar-refractivity contribution in [3.8, 4) is 17.2 Å². The first-order valence-corrected chi connectivity index (χ1v) is 5.67. The molecule has 0 fully saturated rings. The molecular weight excluding hydrogens is 275 g/mol. The summed E-state index contributed by atoms with van der Waals surface area (Å²) in [4.78, 5) is 0. The summed E-state index contributed by atoms with van der Waals surface area (Å²) in [6.07, 6.45) is -4.52. The van der Waals surface area contributed by atoms with Crippen molar-refractivity contribution in [2.24, 2.45) is 0 Å². The molecule has 0 aliphatic carbocycles. The molecule has 0 bridgehead atoms. The van der Waals surface area contributed by atoms with E-state index in [9.17, 15) is 13.2 Å². The minimum absolute atomic E-state index is 0.0305. The van der Waals surface area contributed by atoms with Gasteiger partial charge in [0.05, 0.1) is 17.2 Å². The molecule has 0 unspecified atom stereocenters. The predicted molar refractivity (Wildman–Crippen MR) is 66.6 cm³/mol. The van der Waals surface area contributed by atoms with Crippen LogP contribution in [0.2, 0.25) is 5.02 Å². The van der Waals surface area contributed by atoms with Crippen molar-refractivity contribution >= 4 is 11.6 Å². The predicted octanol–water partition coefficient (Wildman–Crippen LogP) is 4.90. The summed E-state index contributed by atoms with van der Waals surface area (Å²) < 4.78 is 39.0. The van der Waals surface area contributed by atoms with Crippen LogP contribution in [0.4, 0.5) is 13.2 Å². The number of nitrogens with zero attached hydrogens (tertiary/aromatic N) is 1. The topological polar surface area (TPSA) is 23.8 Å². The van der Waals surface area contributed by atoms with E-state index in [2.05, 4.69) is 0 Å². The summed E-state index contributed by atoms with van der Waals surface area (Å²) in [5, 5.41) is 9.31. The fraction of sp³-hybridized carbons (Fsp3) is 0.0714. The second kappa shape index (κ2) is 4.94. The van der Waals surface area contributed by atoms with E-state index in [1.165, 1.54) is 24.3 Å². The second-order valence-corrected chi connectivity index (χ2v) is 4.28. The third-order valence-corrected chi connectivity index (χ3v) is 2.84. The number of hydrogen-bond acceptors (Lipinski definition) is 1. The Morgan fingerprint density at radius 2 is 1.74 bits per heavy atom. The summed E-state index contributed by atoms with van der Waals surface area (Å²) >= 11 is 5.79. The first kappa shape index (κ1) is 13.4. The van der Waals surface area contributed by atoms with Gasteiger partial charge in [0.1, 0.15) is 0 Å². The maximum atomic E-state index is 13.0. The molecule has 0 aromatic heterocycles. The first-order valence-electron chi connectivity index (χ1n) is 5.29. The lowest BCUT2D eigenvalue weighted by molar-refractivity contribution is -0.137. The highest BCUT2D eigenvalue weighted by atomic mass is 35.5. The van der Waals surface area contributed by atoms with E-state index in [1.54, 1.807) is 18.2 Å². The van der Waals surface area contributed by atoms with Gasteiger partial charge in [0.15, 0.2) is 0 Å². The molecule has 2 rings (SSSR count). The van der Waals surface area contributed by atoms with Gasteiger partial charge in [-0.3, -0.25) is 0 Å².